The zero-order valence-corrected chi connectivity index (χ0v) is 8.85. The van der Waals surface area contributed by atoms with Gasteiger partial charge >= 0.3 is 0 Å². The van der Waals surface area contributed by atoms with Gasteiger partial charge in [0, 0.05) is 13.2 Å². The average molecular weight is 199 g/mol. The summed E-state index contributed by atoms with van der Waals surface area (Å²) in [5.74, 6) is 0. The zero-order chi connectivity index (χ0) is 9.52. The van der Waals surface area contributed by atoms with Gasteiger partial charge in [-0.25, -0.2) is 0 Å². The van der Waals surface area contributed by atoms with E-state index in [1.54, 1.807) is 18.4 Å². The summed E-state index contributed by atoms with van der Waals surface area (Å²) in [4.78, 5) is 0. The van der Waals surface area contributed by atoms with Crippen molar-refractivity contribution < 1.29 is 4.74 Å². The van der Waals surface area contributed by atoms with Crippen LogP contribution in [0.2, 0.25) is 0 Å². The van der Waals surface area contributed by atoms with Gasteiger partial charge in [0.05, 0.1) is 6.61 Å². The van der Waals surface area contributed by atoms with Gasteiger partial charge in [-0.1, -0.05) is 0 Å². The molecule has 0 aliphatic heterocycles. The third-order valence-corrected chi connectivity index (χ3v) is 2.73. The van der Waals surface area contributed by atoms with Gasteiger partial charge < -0.3 is 10.5 Å². The largest absolute Gasteiger partial charge is 0.383 e. The van der Waals surface area contributed by atoms with Crippen molar-refractivity contribution >= 4 is 11.3 Å². The molecule has 1 unspecified atom stereocenters. The Morgan fingerprint density at radius 3 is 3.08 bits per heavy atom. The van der Waals surface area contributed by atoms with Crippen LogP contribution < -0.4 is 5.73 Å². The van der Waals surface area contributed by atoms with Crippen molar-refractivity contribution in [3.05, 3.63) is 22.4 Å². The zero-order valence-electron chi connectivity index (χ0n) is 8.03. The molecule has 2 N–H and O–H groups in total. The molecule has 0 amide bonds. The van der Waals surface area contributed by atoms with Crippen LogP contribution in [-0.4, -0.2) is 19.8 Å². The average Bonchev–Trinajstić information content (AvgIpc) is 2.57. The van der Waals surface area contributed by atoms with E-state index in [-0.39, 0.29) is 6.04 Å². The first-order chi connectivity index (χ1) is 6.33. The lowest BCUT2D eigenvalue weighted by Crippen LogP contribution is -2.25. The van der Waals surface area contributed by atoms with E-state index in [4.69, 9.17) is 10.5 Å². The molecule has 74 valence electrons. The van der Waals surface area contributed by atoms with Crippen LogP contribution in [0.25, 0.3) is 0 Å². The Hall–Kier alpha value is -0.380. The van der Waals surface area contributed by atoms with Crippen molar-refractivity contribution in [1.29, 1.82) is 0 Å². The number of aryl methyl sites for hydroxylation is 1. The molecule has 0 saturated carbocycles. The molecule has 0 radical (unpaired) electrons. The molecule has 2 nitrogen and oxygen atoms in total. The normalized spacial score (nSPS) is 13.1. The highest BCUT2D eigenvalue weighted by Crippen LogP contribution is 2.10. The second kappa shape index (κ2) is 6.13. The van der Waals surface area contributed by atoms with E-state index in [1.165, 1.54) is 5.56 Å². The number of ether oxygens (including phenoxy) is 1. The summed E-state index contributed by atoms with van der Waals surface area (Å²) < 4.78 is 4.97. The molecule has 0 spiro atoms. The van der Waals surface area contributed by atoms with Gasteiger partial charge in [-0.2, -0.15) is 11.3 Å². The maximum absolute atomic E-state index is 5.80. The van der Waals surface area contributed by atoms with Crippen LogP contribution in [0.5, 0.6) is 0 Å². The highest BCUT2D eigenvalue weighted by Gasteiger charge is 2.01. The minimum atomic E-state index is 0.198. The van der Waals surface area contributed by atoms with Crippen LogP contribution in [0.1, 0.15) is 18.4 Å². The maximum atomic E-state index is 5.80. The van der Waals surface area contributed by atoms with E-state index >= 15 is 0 Å². The van der Waals surface area contributed by atoms with Crippen LogP contribution in [0.15, 0.2) is 16.8 Å². The highest BCUT2D eigenvalue weighted by atomic mass is 32.1. The molecule has 0 bridgehead atoms. The van der Waals surface area contributed by atoms with Crippen LogP contribution in [0.4, 0.5) is 0 Å². The standard InChI is InChI=1S/C10H17NOS/c1-12-7-10(11)4-2-3-9-5-6-13-8-9/h5-6,8,10H,2-4,7,11H2,1H3. The molecular formula is C10H17NOS. The Morgan fingerprint density at radius 1 is 1.62 bits per heavy atom. The summed E-state index contributed by atoms with van der Waals surface area (Å²) >= 11 is 1.75. The quantitative estimate of drug-likeness (QED) is 0.761. The topological polar surface area (TPSA) is 35.2 Å². The minimum Gasteiger partial charge on any atom is -0.383 e. The predicted molar refractivity (Wildman–Crippen MR) is 57.1 cm³/mol. The molecule has 1 atom stereocenters. The number of methoxy groups -OCH3 is 1. The van der Waals surface area contributed by atoms with Crippen molar-refractivity contribution in [3.63, 3.8) is 0 Å². The summed E-state index contributed by atoms with van der Waals surface area (Å²) in [5.41, 5.74) is 7.23. The Labute approximate surface area is 83.7 Å². The lowest BCUT2D eigenvalue weighted by Gasteiger charge is -2.08. The van der Waals surface area contributed by atoms with Gasteiger partial charge in [0.2, 0.25) is 0 Å². The van der Waals surface area contributed by atoms with Crippen molar-refractivity contribution in [2.75, 3.05) is 13.7 Å². The predicted octanol–water partition coefficient (Wildman–Crippen LogP) is 2.04. The van der Waals surface area contributed by atoms with Gasteiger partial charge in [-0.3, -0.25) is 0 Å². The van der Waals surface area contributed by atoms with E-state index in [0.29, 0.717) is 6.61 Å². The second-order valence-corrected chi connectivity index (χ2v) is 4.02. The van der Waals surface area contributed by atoms with Crippen LogP contribution in [0.3, 0.4) is 0 Å². The monoisotopic (exact) mass is 199 g/mol. The number of rotatable bonds is 6. The molecule has 1 heterocycles. The molecule has 1 aromatic heterocycles. The Morgan fingerprint density at radius 2 is 2.46 bits per heavy atom. The first kappa shape index (κ1) is 10.7. The molecule has 1 rings (SSSR count). The molecule has 3 heteroatoms. The van der Waals surface area contributed by atoms with Crippen LogP contribution >= 0.6 is 11.3 Å². The number of hydrogen-bond donors (Lipinski definition) is 1. The first-order valence-electron chi connectivity index (χ1n) is 4.58. The summed E-state index contributed by atoms with van der Waals surface area (Å²) in [6, 6.07) is 2.37. The molecule has 0 aliphatic rings. The lowest BCUT2D eigenvalue weighted by atomic mass is 10.1. The van der Waals surface area contributed by atoms with Crippen molar-refractivity contribution in [3.8, 4) is 0 Å². The Bertz CT molecular complexity index is 211. The number of nitrogens with two attached hydrogens (primary N) is 1. The molecule has 13 heavy (non-hydrogen) atoms. The third-order valence-electron chi connectivity index (χ3n) is 2.00. The fourth-order valence-corrected chi connectivity index (χ4v) is 2.00. The van der Waals surface area contributed by atoms with E-state index in [9.17, 15) is 0 Å². The Kier molecular flexibility index (Phi) is 5.05. The van der Waals surface area contributed by atoms with Gasteiger partial charge in [-0.05, 0) is 41.7 Å². The third kappa shape index (κ3) is 4.41. The van der Waals surface area contributed by atoms with E-state index in [0.717, 1.165) is 19.3 Å². The number of thiophene rings is 1. The van der Waals surface area contributed by atoms with Crippen molar-refractivity contribution in [2.24, 2.45) is 5.73 Å². The molecule has 0 fully saturated rings. The SMILES string of the molecule is COCC(N)CCCc1ccsc1. The van der Waals surface area contributed by atoms with Gasteiger partial charge in [0.15, 0.2) is 0 Å². The molecule has 0 saturated heterocycles. The van der Waals surface area contributed by atoms with Gasteiger partial charge in [-0.15, -0.1) is 0 Å². The van der Waals surface area contributed by atoms with Crippen molar-refractivity contribution in [2.45, 2.75) is 25.3 Å². The summed E-state index contributed by atoms with van der Waals surface area (Å²) in [7, 11) is 1.69. The van der Waals surface area contributed by atoms with Gasteiger partial charge in [0.25, 0.3) is 0 Å². The fraction of sp³-hybridized carbons (Fsp3) is 0.600. The van der Waals surface area contributed by atoms with Gasteiger partial charge in [0.1, 0.15) is 0 Å². The summed E-state index contributed by atoms with van der Waals surface area (Å²) in [6.07, 6.45) is 3.34. The fourth-order valence-electron chi connectivity index (χ4n) is 1.30. The lowest BCUT2D eigenvalue weighted by molar-refractivity contribution is 0.176. The van der Waals surface area contributed by atoms with E-state index in [1.807, 2.05) is 0 Å². The van der Waals surface area contributed by atoms with Crippen LogP contribution in [0, 0.1) is 0 Å². The van der Waals surface area contributed by atoms with E-state index < -0.39 is 0 Å². The Balaban J connectivity index is 2.07. The maximum Gasteiger partial charge on any atom is 0.0613 e. The number of hydrogen-bond acceptors (Lipinski definition) is 3. The molecule has 1 aromatic rings. The molecule has 0 aliphatic carbocycles. The second-order valence-electron chi connectivity index (χ2n) is 3.24. The summed E-state index contributed by atoms with van der Waals surface area (Å²) in [5, 5.41) is 4.31. The van der Waals surface area contributed by atoms with Crippen molar-refractivity contribution in [1.82, 2.24) is 0 Å². The highest BCUT2D eigenvalue weighted by molar-refractivity contribution is 7.07. The summed E-state index contributed by atoms with van der Waals surface area (Å²) in [6.45, 7) is 0.670. The molecule has 0 aromatic carbocycles. The molecular weight excluding hydrogens is 182 g/mol. The van der Waals surface area contributed by atoms with E-state index in [2.05, 4.69) is 16.8 Å². The van der Waals surface area contributed by atoms with Crippen LogP contribution in [-0.2, 0) is 11.2 Å². The minimum absolute atomic E-state index is 0.198. The first-order valence-corrected chi connectivity index (χ1v) is 5.53. The smallest absolute Gasteiger partial charge is 0.0613 e.